The van der Waals surface area contributed by atoms with Gasteiger partial charge in [0, 0.05) is 48.3 Å². The smallest absolute Gasteiger partial charge is 0.159 e. The number of hydrogen-bond acceptors (Lipinski definition) is 4. The predicted molar refractivity (Wildman–Crippen MR) is 245 cm³/mol. The third kappa shape index (κ3) is 5.12. The molecule has 272 valence electrons. The standard InChI is InChI=1S/C54H33NO2S/c1-3-13-35(14-4-1)39-18-9-20-43-42-32-29-37(33-50(42)57-51(39)43)34-27-30-38(31-28-34)55(47-24-11-21-44-41-17-7-8-26-49(41)56-52(44)47)48-25-12-23-46-45-22-10-19-40(53(45)58-54(46)48)36-15-5-2-6-16-36/h1-33H. The number of furan rings is 2. The van der Waals surface area contributed by atoms with Gasteiger partial charge in [0.15, 0.2) is 5.58 Å². The molecule has 3 nitrogen and oxygen atoms in total. The van der Waals surface area contributed by atoms with Crippen LogP contribution in [0.3, 0.4) is 0 Å². The van der Waals surface area contributed by atoms with Crippen molar-refractivity contribution < 1.29 is 8.83 Å². The number of hydrogen-bond donors (Lipinski definition) is 0. The molecular formula is C54H33NO2S. The van der Waals surface area contributed by atoms with Gasteiger partial charge in [0.2, 0.25) is 0 Å². The fourth-order valence-electron chi connectivity index (χ4n) is 8.77. The highest BCUT2D eigenvalue weighted by Gasteiger charge is 2.23. The quantitative estimate of drug-likeness (QED) is 0.169. The Hall–Kier alpha value is -7.40. The summed E-state index contributed by atoms with van der Waals surface area (Å²) in [6.45, 7) is 0. The Morgan fingerprint density at radius 1 is 0.328 bits per heavy atom. The molecule has 3 aromatic heterocycles. The van der Waals surface area contributed by atoms with E-state index < -0.39 is 0 Å². The van der Waals surface area contributed by atoms with Gasteiger partial charge in [-0.05, 0) is 70.3 Å². The van der Waals surface area contributed by atoms with E-state index in [1.54, 1.807) is 0 Å². The van der Waals surface area contributed by atoms with Gasteiger partial charge in [0.25, 0.3) is 0 Å². The maximum absolute atomic E-state index is 6.70. The zero-order chi connectivity index (χ0) is 38.2. The molecule has 0 N–H and O–H groups in total. The summed E-state index contributed by atoms with van der Waals surface area (Å²) >= 11 is 1.86. The van der Waals surface area contributed by atoms with Crippen LogP contribution in [-0.2, 0) is 0 Å². The van der Waals surface area contributed by atoms with Gasteiger partial charge >= 0.3 is 0 Å². The third-order valence-corrected chi connectivity index (χ3v) is 12.8. The molecule has 4 heteroatoms. The van der Waals surface area contributed by atoms with Gasteiger partial charge in [0.05, 0.1) is 16.1 Å². The largest absolute Gasteiger partial charge is 0.455 e. The van der Waals surface area contributed by atoms with Gasteiger partial charge in [-0.1, -0.05) is 158 Å². The van der Waals surface area contributed by atoms with Gasteiger partial charge in [0.1, 0.15) is 16.7 Å². The molecule has 12 rings (SSSR count). The Kier molecular flexibility index (Phi) is 7.40. The van der Waals surface area contributed by atoms with E-state index in [1.165, 1.54) is 31.3 Å². The summed E-state index contributed by atoms with van der Waals surface area (Å²) in [7, 11) is 0. The van der Waals surface area contributed by atoms with Crippen molar-refractivity contribution in [3.8, 4) is 33.4 Å². The lowest BCUT2D eigenvalue weighted by Crippen LogP contribution is -2.10. The first-order valence-electron chi connectivity index (χ1n) is 19.6. The average molecular weight is 760 g/mol. The molecule has 0 amide bonds. The van der Waals surface area contributed by atoms with Crippen LogP contribution in [0.4, 0.5) is 17.1 Å². The van der Waals surface area contributed by atoms with E-state index in [2.05, 4.69) is 193 Å². The van der Waals surface area contributed by atoms with E-state index in [9.17, 15) is 0 Å². The highest BCUT2D eigenvalue weighted by Crippen LogP contribution is 2.49. The molecule has 0 bridgehead atoms. The maximum Gasteiger partial charge on any atom is 0.159 e. The molecule has 0 radical (unpaired) electrons. The second kappa shape index (κ2) is 13.1. The first-order valence-corrected chi connectivity index (χ1v) is 20.4. The summed E-state index contributed by atoms with van der Waals surface area (Å²) in [6.07, 6.45) is 0. The van der Waals surface area contributed by atoms with Crippen molar-refractivity contribution in [1.82, 2.24) is 0 Å². The first-order chi connectivity index (χ1) is 28.8. The molecule has 0 unspecified atom stereocenters. The van der Waals surface area contributed by atoms with Crippen LogP contribution in [0.5, 0.6) is 0 Å². The molecule has 58 heavy (non-hydrogen) atoms. The molecule has 0 atom stereocenters. The van der Waals surface area contributed by atoms with Crippen molar-refractivity contribution in [3.05, 3.63) is 200 Å². The summed E-state index contributed by atoms with van der Waals surface area (Å²) in [4.78, 5) is 2.38. The lowest BCUT2D eigenvalue weighted by atomic mass is 10.0. The Labute approximate surface area is 338 Å². The SMILES string of the molecule is c1ccc(-c2cccc3c2oc2cc(-c4ccc(N(c5cccc6c5oc5ccccc56)c5cccc6c5sc5c(-c7ccccc7)cccc56)cc4)ccc23)cc1. The Morgan fingerprint density at radius 2 is 0.879 bits per heavy atom. The van der Waals surface area contributed by atoms with Gasteiger partial charge in [-0.15, -0.1) is 11.3 Å². The van der Waals surface area contributed by atoms with E-state index in [0.29, 0.717) is 0 Å². The minimum atomic E-state index is 0.862. The Balaban J connectivity index is 1.02. The Bertz CT molecular complexity index is 3500. The van der Waals surface area contributed by atoms with Crippen molar-refractivity contribution in [2.24, 2.45) is 0 Å². The number of nitrogens with zero attached hydrogens (tertiary/aromatic N) is 1. The van der Waals surface area contributed by atoms with Crippen molar-refractivity contribution in [2.45, 2.75) is 0 Å². The zero-order valence-corrected chi connectivity index (χ0v) is 32.0. The maximum atomic E-state index is 6.70. The van der Waals surface area contributed by atoms with Crippen molar-refractivity contribution in [1.29, 1.82) is 0 Å². The van der Waals surface area contributed by atoms with Crippen molar-refractivity contribution in [2.75, 3.05) is 4.90 Å². The van der Waals surface area contributed by atoms with Crippen LogP contribution in [0.15, 0.2) is 209 Å². The van der Waals surface area contributed by atoms with E-state index in [4.69, 9.17) is 8.83 Å². The number of para-hydroxylation sites is 3. The van der Waals surface area contributed by atoms with E-state index in [1.807, 2.05) is 23.5 Å². The fourth-order valence-corrected chi connectivity index (χ4v) is 10.1. The topological polar surface area (TPSA) is 29.5 Å². The summed E-state index contributed by atoms with van der Waals surface area (Å²) in [5.41, 5.74) is 13.6. The van der Waals surface area contributed by atoms with Gasteiger partial charge in [-0.2, -0.15) is 0 Å². The number of thiophene rings is 1. The third-order valence-electron chi connectivity index (χ3n) is 11.5. The molecule has 12 aromatic rings. The molecule has 9 aromatic carbocycles. The summed E-state index contributed by atoms with van der Waals surface area (Å²) in [5.74, 6) is 0. The minimum absolute atomic E-state index is 0.862. The average Bonchev–Trinajstić information content (AvgIpc) is 3.99. The van der Waals surface area contributed by atoms with Gasteiger partial charge < -0.3 is 13.7 Å². The summed E-state index contributed by atoms with van der Waals surface area (Å²) in [5, 5.41) is 6.95. The van der Waals surface area contributed by atoms with Crippen LogP contribution in [-0.4, -0.2) is 0 Å². The van der Waals surface area contributed by atoms with E-state index in [0.717, 1.165) is 83.2 Å². The molecule has 0 aliphatic carbocycles. The van der Waals surface area contributed by atoms with Crippen LogP contribution in [0.2, 0.25) is 0 Å². The number of fused-ring (bicyclic) bond motifs is 9. The fraction of sp³-hybridized carbons (Fsp3) is 0. The molecule has 3 heterocycles. The summed E-state index contributed by atoms with van der Waals surface area (Å²) < 4.78 is 15.8. The molecule has 0 saturated carbocycles. The molecule has 0 fully saturated rings. The molecule has 0 aliphatic heterocycles. The highest BCUT2D eigenvalue weighted by molar-refractivity contribution is 7.27. The molecule has 0 aliphatic rings. The minimum Gasteiger partial charge on any atom is -0.455 e. The first kappa shape index (κ1) is 32.8. The van der Waals surface area contributed by atoms with Crippen molar-refractivity contribution in [3.63, 3.8) is 0 Å². The van der Waals surface area contributed by atoms with E-state index >= 15 is 0 Å². The second-order valence-corrected chi connectivity index (χ2v) is 15.8. The van der Waals surface area contributed by atoms with E-state index in [-0.39, 0.29) is 0 Å². The van der Waals surface area contributed by atoms with Gasteiger partial charge in [-0.3, -0.25) is 0 Å². The van der Waals surface area contributed by atoms with Crippen LogP contribution >= 0.6 is 11.3 Å². The summed E-state index contributed by atoms with van der Waals surface area (Å²) in [6, 6.07) is 71.2. The molecular weight excluding hydrogens is 727 g/mol. The second-order valence-electron chi connectivity index (χ2n) is 14.8. The number of rotatable bonds is 6. The monoisotopic (exact) mass is 759 g/mol. The van der Waals surface area contributed by atoms with Crippen LogP contribution in [0.25, 0.3) is 97.4 Å². The Morgan fingerprint density at radius 3 is 1.66 bits per heavy atom. The molecule has 0 saturated heterocycles. The normalized spacial score (nSPS) is 11.8. The van der Waals surface area contributed by atoms with Crippen molar-refractivity contribution >= 4 is 92.4 Å². The predicted octanol–water partition coefficient (Wildman–Crippen LogP) is 16.3. The lowest BCUT2D eigenvalue weighted by molar-refractivity contribution is 0.669. The molecule has 0 spiro atoms. The lowest BCUT2D eigenvalue weighted by Gasteiger charge is -2.26. The van der Waals surface area contributed by atoms with Crippen LogP contribution < -0.4 is 4.90 Å². The number of anilines is 3. The van der Waals surface area contributed by atoms with Crippen LogP contribution in [0.1, 0.15) is 0 Å². The number of benzene rings is 9. The highest BCUT2D eigenvalue weighted by atomic mass is 32.1. The van der Waals surface area contributed by atoms with Gasteiger partial charge in [-0.25, -0.2) is 0 Å². The zero-order valence-electron chi connectivity index (χ0n) is 31.2. The van der Waals surface area contributed by atoms with Crippen LogP contribution in [0, 0.1) is 0 Å².